The SMILES string of the molecule is CNCc1ccc(OC2CCCCC2O)c(Cl)c1. The van der Waals surface area contributed by atoms with Crippen molar-refractivity contribution in [2.24, 2.45) is 0 Å². The fourth-order valence-electron chi connectivity index (χ4n) is 2.33. The molecule has 0 radical (unpaired) electrons. The largest absolute Gasteiger partial charge is 0.486 e. The predicted molar refractivity (Wildman–Crippen MR) is 73.1 cm³/mol. The van der Waals surface area contributed by atoms with E-state index in [4.69, 9.17) is 16.3 Å². The van der Waals surface area contributed by atoms with Crippen LogP contribution in [0.5, 0.6) is 5.75 Å². The second-order valence-corrected chi connectivity index (χ2v) is 5.21. The van der Waals surface area contributed by atoms with Gasteiger partial charge in [-0.1, -0.05) is 24.1 Å². The Morgan fingerprint density at radius 2 is 2.17 bits per heavy atom. The first-order valence-corrected chi connectivity index (χ1v) is 6.86. The van der Waals surface area contributed by atoms with Gasteiger partial charge in [-0.05, 0) is 44.0 Å². The highest BCUT2D eigenvalue weighted by molar-refractivity contribution is 6.32. The maximum Gasteiger partial charge on any atom is 0.138 e. The van der Waals surface area contributed by atoms with Gasteiger partial charge in [0.25, 0.3) is 0 Å². The predicted octanol–water partition coefficient (Wildman–Crippen LogP) is 2.74. The van der Waals surface area contributed by atoms with E-state index in [0.717, 1.165) is 37.8 Å². The first kappa shape index (κ1) is 13.7. The van der Waals surface area contributed by atoms with E-state index in [-0.39, 0.29) is 12.2 Å². The van der Waals surface area contributed by atoms with Crippen LogP contribution in [0.3, 0.4) is 0 Å². The van der Waals surface area contributed by atoms with Gasteiger partial charge in [0.05, 0.1) is 11.1 Å². The third-order valence-corrected chi connectivity index (χ3v) is 3.62. The summed E-state index contributed by atoms with van der Waals surface area (Å²) in [5, 5.41) is 13.6. The van der Waals surface area contributed by atoms with Crippen molar-refractivity contribution in [1.29, 1.82) is 0 Å². The van der Waals surface area contributed by atoms with Crippen LogP contribution in [0.1, 0.15) is 31.2 Å². The molecule has 0 heterocycles. The molecule has 2 atom stereocenters. The van der Waals surface area contributed by atoms with E-state index >= 15 is 0 Å². The zero-order chi connectivity index (χ0) is 13.0. The van der Waals surface area contributed by atoms with E-state index in [1.165, 1.54) is 0 Å². The van der Waals surface area contributed by atoms with Crippen molar-refractivity contribution >= 4 is 11.6 Å². The minimum Gasteiger partial charge on any atom is -0.486 e. The van der Waals surface area contributed by atoms with Gasteiger partial charge in [0, 0.05) is 6.54 Å². The Labute approximate surface area is 113 Å². The number of rotatable bonds is 4. The summed E-state index contributed by atoms with van der Waals surface area (Å²) in [6.07, 6.45) is 3.42. The lowest BCUT2D eigenvalue weighted by molar-refractivity contribution is 0.00692. The molecule has 0 amide bonds. The Morgan fingerprint density at radius 3 is 2.83 bits per heavy atom. The maximum atomic E-state index is 9.88. The zero-order valence-corrected chi connectivity index (χ0v) is 11.4. The molecule has 100 valence electrons. The Kier molecular flexibility index (Phi) is 4.87. The highest BCUT2D eigenvalue weighted by Gasteiger charge is 2.25. The number of aliphatic hydroxyl groups excluding tert-OH is 1. The van der Waals surface area contributed by atoms with Gasteiger partial charge in [0.1, 0.15) is 11.9 Å². The average Bonchev–Trinajstić information content (AvgIpc) is 2.35. The van der Waals surface area contributed by atoms with E-state index in [1.807, 2.05) is 25.2 Å². The maximum absolute atomic E-state index is 9.88. The van der Waals surface area contributed by atoms with Crippen LogP contribution in [0.15, 0.2) is 18.2 Å². The molecule has 1 aromatic rings. The molecule has 4 heteroatoms. The van der Waals surface area contributed by atoms with Crippen LogP contribution >= 0.6 is 11.6 Å². The third-order valence-electron chi connectivity index (χ3n) is 3.32. The van der Waals surface area contributed by atoms with E-state index < -0.39 is 0 Å². The summed E-state index contributed by atoms with van der Waals surface area (Å²) in [6.45, 7) is 0.784. The van der Waals surface area contributed by atoms with Crippen molar-refractivity contribution in [1.82, 2.24) is 5.32 Å². The van der Waals surface area contributed by atoms with E-state index in [1.54, 1.807) is 0 Å². The van der Waals surface area contributed by atoms with E-state index in [2.05, 4.69) is 5.32 Å². The molecular formula is C14H20ClNO2. The molecule has 3 nitrogen and oxygen atoms in total. The van der Waals surface area contributed by atoms with Crippen LogP contribution < -0.4 is 10.1 Å². The van der Waals surface area contributed by atoms with Crippen LogP contribution in [-0.2, 0) is 6.54 Å². The molecule has 2 N–H and O–H groups in total. The van der Waals surface area contributed by atoms with Gasteiger partial charge in [-0.25, -0.2) is 0 Å². The van der Waals surface area contributed by atoms with Crippen molar-refractivity contribution < 1.29 is 9.84 Å². The van der Waals surface area contributed by atoms with Crippen LogP contribution in [0.4, 0.5) is 0 Å². The molecule has 0 aromatic heterocycles. The van der Waals surface area contributed by atoms with Gasteiger partial charge in [0.2, 0.25) is 0 Å². The zero-order valence-electron chi connectivity index (χ0n) is 10.7. The normalized spacial score (nSPS) is 23.9. The monoisotopic (exact) mass is 269 g/mol. The summed E-state index contributed by atoms with van der Waals surface area (Å²) in [4.78, 5) is 0. The van der Waals surface area contributed by atoms with Crippen molar-refractivity contribution in [3.8, 4) is 5.75 Å². The van der Waals surface area contributed by atoms with Crippen molar-refractivity contribution in [3.05, 3.63) is 28.8 Å². The van der Waals surface area contributed by atoms with Crippen LogP contribution in [0, 0.1) is 0 Å². The Morgan fingerprint density at radius 1 is 1.39 bits per heavy atom. The van der Waals surface area contributed by atoms with E-state index in [9.17, 15) is 5.11 Å². The summed E-state index contributed by atoms with van der Waals surface area (Å²) < 4.78 is 5.83. The number of aliphatic hydroxyl groups is 1. The fourth-order valence-corrected chi connectivity index (χ4v) is 2.58. The number of halogens is 1. The first-order chi connectivity index (χ1) is 8.70. The summed E-state index contributed by atoms with van der Waals surface area (Å²) in [6, 6.07) is 5.78. The van der Waals surface area contributed by atoms with Gasteiger partial charge in [0.15, 0.2) is 0 Å². The van der Waals surface area contributed by atoms with Crippen molar-refractivity contribution in [3.63, 3.8) is 0 Å². The third kappa shape index (κ3) is 3.37. The first-order valence-electron chi connectivity index (χ1n) is 6.48. The molecule has 1 aliphatic rings. The molecule has 1 aromatic carbocycles. The molecule has 0 bridgehead atoms. The molecule has 2 rings (SSSR count). The number of nitrogens with one attached hydrogen (secondary N) is 1. The molecule has 0 aliphatic heterocycles. The van der Waals surface area contributed by atoms with Crippen LogP contribution in [-0.4, -0.2) is 24.4 Å². The summed E-state index contributed by atoms with van der Waals surface area (Å²) >= 11 is 6.20. The lowest BCUT2D eigenvalue weighted by Gasteiger charge is -2.28. The van der Waals surface area contributed by atoms with Gasteiger partial charge in [-0.3, -0.25) is 0 Å². The summed E-state index contributed by atoms with van der Waals surface area (Å²) in [5.74, 6) is 0.669. The van der Waals surface area contributed by atoms with Crippen molar-refractivity contribution in [2.75, 3.05) is 7.05 Å². The molecule has 1 saturated carbocycles. The van der Waals surface area contributed by atoms with Gasteiger partial charge in [-0.2, -0.15) is 0 Å². The highest BCUT2D eigenvalue weighted by atomic mass is 35.5. The minimum atomic E-state index is -0.369. The topological polar surface area (TPSA) is 41.5 Å². The van der Waals surface area contributed by atoms with Crippen LogP contribution in [0.2, 0.25) is 5.02 Å². The number of hydrogen-bond donors (Lipinski definition) is 2. The Bertz CT molecular complexity index is 397. The number of benzene rings is 1. The smallest absolute Gasteiger partial charge is 0.138 e. The average molecular weight is 270 g/mol. The summed E-state index contributed by atoms with van der Waals surface area (Å²) in [7, 11) is 1.90. The second kappa shape index (κ2) is 6.41. The Balaban J connectivity index is 2.04. The number of ether oxygens (including phenoxy) is 1. The molecule has 0 spiro atoms. The molecule has 2 unspecified atom stereocenters. The highest BCUT2D eigenvalue weighted by Crippen LogP contribution is 2.30. The second-order valence-electron chi connectivity index (χ2n) is 4.80. The van der Waals surface area contributed by atoms with Gasteiger partial charge >= 0.3 is 0 Å². The van der Waals surface area contributed by atoms with Gasteiger partial charge < -0.3 is 15.2 Å². The fraction of sp³-hybridized carbons (Fsp3) is 0.571. The van der Waals surface area contributed by atoms with Gasteiger partial charge in [-0.15, -0.1) is 0 Å². The summed E-state index contributed by atoms with van der Waals surface area (Å²) in [5.41, 5.74) is 1.12. The lowest BCUT2D eigenvalue weighted by atomic mass is 9.95. The molecule has 0 saturated heterocycles. The molecule has 18 heavy (non-hydrogen) atoms. The number of hydrogen-bond acceptors (Lipinski definition) is 3. The molecular weight excluding hydrogens is 250 g/mol. The van der Waals surface area contributed by atoms with Crippen molar-refractivity contribution in [2.45, 2.75) is 44.4 Å². The minimum absolute atomic E-state index is 0.119. The van der Waals surface area contributed by atoms with Crippen LogP contribution in [0.25, 0.3) is 0 Å². The Hall–Kier alpha value is -0.770. The van der Waals surface area contributed by atoms with E-state index in [0.29, 0.717) is 10.8 Å². The quantitative estimate of drug-likeness (QED) is 0.883. The molecule has 1 aliphatic carbocycles. The standard InChI is InChI=1S/C14H20ClNO2/c1-16-9-10-6-7-13(11(15)8-10)18-14-5-3-2-4-12(14)17/h6-8,12,14,16-17H,2-5,9H2,1H3. The lowest BCUT2D eigenvalue weighted by Crippen LogP contribution is -2.34. The molecule has 1 fully saturated rings.